The Labute approximate surface area is 119 Å². The second-order valence-corrected chi connectivity index (χ2v) is 5.29. The van der Waals surface area contributed by atoms with Crippen LogP contribution in [0.3, 0.4) is 0 Å². The second kappa shape index (κ2) is 4.87. The lowest BCUT2D eigenvalue weighted by Crippen LogP contribution is -2.19. The van der Waals surface area contributed by atoms with Crippen molar-refractivity contribution in [3.63, 3.8) is 0 Å². The molecule has 0 aliphatic carbocycles. The summed E-state index contributed by atoms with van der Waals surface area (Å²) in [6.07, 6.45) is 0. The third kappa shape index (κ3) is 2.33. The molecule has 100 valence electrons. The second-order valence-electron chi connectivity index (χ2n) is 4.44. The molecular weight excluding hydrogens is 289 g/mol. The molecule has 0 radical (unpaired) electrons. The lowest BCUT2D eigenvalue weighted by atomic mass is 10.1. The molecule has 0 spiro atoms. The molecule has 0 aliphatic heterocycles. The number of carboxylic acids is 1. The summed E-state index contributed by atoms with van der Waals surface area (Å²) in [6, 6.07) is 3.96. The Morgan fingerprint density at radius 1 is 1.26 bits per heavy atom. The first kappa shape index (κ1) is 13.9. The molecule has 0 bridgehead atoms. The highest BCUT2D eigenvalue weighted by atomic mass is 35.5. The Hall–Kier alpha value is -1.52. The first-order chi connectivity index (χ1) is 8.82. The molecule has 2 aromatic rings. The topological polar surface area (TPSA) is 59.3 Å². The van der Waals surface area contributed by atoms with Crippen molar-refractivity contribution in [2.75, 3.05) is 0 Å². The third-order valence-corrected chi connectivity index (χ3v) is 3.32. The van der Waals surface area contributed by atoms with Gasteiger partial charge in [-0.2, -0.15) is 0 Å². The fourth-order valence-electron chi connectivity index (χ4n) is 2.11. The summed E-state index contributed by atoms with van der Waals surface area (Å²) in [7, 11) is 0. The summed E-state index contributed by atoms with van der Waals surface area (Å²) in [5.74, 6) is -1.16. The van der Waals surface area contributed by atoms with Crippen molar-refractivity contribution in [3.8, 4) is 0 Å². The predicted molar refractivity (Wildman–Crippen MR) is 75.6 cm³/mol. The van der Waals surface area contributed by atoms with E-state index in [0.717, 1.165) is 6.07 Å². The number of halogens is 2. The van der Waals surface area contributed by atoms with E-state index in [2.05, 4.69) is 0 Å². The zero-order chi connectivity index (χ0) is 14.3. The molecular formula is C13H11Cl2NO3. The van der Waals surface area contributed by atoms with Gasteiger partial charge in [0.05, 0.1) is 15.9 Å². The maximum Gasteiger partial charge on any atom is 0.352 e. The standard InChI is InChI=1S/C13H11Cl2NO3/c1-6(2)16-9-4-7(14)3-8(15)12(9)11(17)5-10(16)13(18)19/h3-6H,1-2H3,(H,18,19). The monoisotopic (exact) mass is 299 g/mol. The van der Waals surface area contributed by atoms with Crippen molar-refractivity contribution >= 4 is 40.1 Å². The van der Waals surface area contributed by atoms with Crippen LogP contribution in [0.4, 0.5) is 0 Å². The van der Waals surface area contributed by atoms with Crippen molar-refractivity contribution in [2.24, 2.45) is 0 Å². The van der Waals surface area contributed by atoms with E-state index in [0.29, 0.717) is 10.5 Å². The molecule has 0 saturated carbocycles. The van der Waals surface area contributed by atoms with Crippen molar-refractivity contribution < 1.29 is 9.90 Å². The van der Waals surface area contributed by atoms with Crippen molar-refractivity contribution in [1.29, 1.82) is 0 Å². The number of aromatic carboxylic acids is 1. The minimum atomic E-state index is -1.16. The fraction of sp³-hybridized carbons (Fsp3) is 0.231. The lowest BCUT2D eigenvalue weighted by Gasteiger charge is -2.18. The van der Waals surface area contributed by atoms with Crippen LogP contribution in [0.1, 0.15) is 30.4 Å². The maximum atomic E-state index is 12.0. The molecule has 1 aromatic carbocycles. The van der Waals surface area contributed by atoms with E-state index in [4.69, 9.17) is 23.2 Å². The summed E-state index contributed by atoms with van der Waals surface area (Å²) in [5.41, 5.74) is -0.0748. The number of pyridine rings is 1. The SMILES string of the molecule is CC(C)n1c(C(=O)O)cc(=O)c2c(Cl)cc(Cl)cc21. The molecule has 0 aliphatic rings. The number of fused-ring (bicyclic) bond motifs is 1. The van der Waals surface area contributed by atoms with Gasteiger partial charge in [-0.3, -0.25) is 4.79 Å². The van der Waals surface area contributed by atoms with Gasteiger partial charge in [0.15, 0.2) is 5.43 Å². The van der Waals surface area contributed by atoms with Gasteiger partial charge in [0.2, 0.25) is 0 Å². The molecule has 6 heteroatoms. The van der Waals surface area contributed by atoms with Gasteiger partial charge in [-0.1, -0.05) is 23.2 Å². The van der Waals surface area contributed by atoms with E-state index in [1.54, 1.807) is 6.07 Å². The highest BCUT2D eigenvalue weighted by Crippen LogP contribution is 2.28. The molecule has 4 nitrogen and oxygen atoms in total. The van der Waals surface area contributed by atoms with E-state index in [9.17, 15) is 14.7 Å². The van der Waals surface area contributed by atoms with Crippen LogP contribution >= 0.6 is 23.2 Å². The number of benzene rings is 1. The normalized spacial score (nSPS) is 11.2. The molecule has 1 N–H and O–H groups in total. The van der Waals surface area contributed by atoms with Gasteiger partial charge in [-0.25, -0.2) is 4.79 Å². The lowest BCUT2D eigenvalue weighted by molar-refractivity contribution is 0.0683. The van der Waals surface area contributed by atoms with E-state index >= 15 is 0 Å². The van der Waals surface area contributed by atoms with E-state index in [1.165, 1.54) is 10.6 Å². The first-order valence-corrected chi connectivity index (χ1v) is 6.36. The van der Waals surface area contributed by atoms with Crippen LogP contribution in [0.15, 0.2) is 23.0 Å². The van der Waals surface area contributed by atoms with Gasteiger partial charge in [0.25, 0.3) is 0 Å². The Bertz CT molecular complexity index is 735. The van der Waals surface area contributed by atoms with Crippen LogP contribution in [0.25, 0.3) is 10.9 Å². The zero-order valence-corrected chi connectivity index (χ0v) is 11.8. The van der Waals surface area contributed by atoms with Crippen LogP contribution in [-0.4, -0.2) is 15.6 Å². The molecule has 2 rings (SSSR count). The van der Waals surface area contributed by atoms with E-state index in [1.807, 2.05) is 13.8 Å². The quantitative estimate of drug-likeness (QED) is 0.922. The van der Waals surface area contributed by atoms with Crippen molar-refractivity contribution in [1.82, 2.24) is 4.57 Å². The van der Waals surface area contributed by atoms with Crippen LogP contribution in [0.2, 0.25) is 10.0 Å². The molecule has 19 heavy (non-hydrogen) atoms. The highest BCUT2D eigenvalue weighted by molar-refractivity contribution is 6.38. The molecule has 1 aromatic heterocycles. The molecule has 0 saturated heterocycles. The zero-order valence-electron chi connectivity index (χ0n) is 10.3. The average molecular weight is 300 g/mol. The summed E-state index contributed by atoms with van der Waals surface area (Å²) >= 11 is 12.0. The summed E-state index contributed by atoms with van der Waals surface area (Å²) in [4.78, 5) is 23.3. The minimum Gasteiger partial charge on any atom is -0.477 e. The number of hydrogen-bond acceptors (Lipinski definition) is 2. The van der Waals surface area contributed by atoms with E-state index in [-0.39, 0.29) is 22.1 Å². The molecule has 0 atom stereocenters. The van der Waals surface area contributed by atoms with Crippen molar-refractivity contribution in [3.05, 3.63) is 44.2 Å². The van der Waals surface area contributed by atoms with Gasteiger partial charge >= 0.3 is 5.97 Å². The Kier molecular flexibility index (Phi) is 3.56. The van der Waals surface area contributed by atoms with Gasteiger partial charge in [0.1, 0.15) is 5.69 Å². The Balaban J connectivity index is 3.08. The summed E-state index contributed by atoms with van der Waals surface area (Å²) < 4.78 is 1.54. The van der Waals surface area contributed by atoms with Gasteiger partial charge in [0, 0.05) is 17.1 Å². The number of aromatic nitrogens is 1. The van der Waals surface area contributed by atoms with Crippen LogP contribution in [-0.2, 0) is 0 Å². The highest BCUT2D eigenvalue weighted by Gasteiger charge is 2.18. The van der Waals surface area contributed by atoms with E-state index < -0.39 is 11.4 Å². The average Bonchev–Trinajstić information content (AvgIpc) is 2.26. The van der Waals surface area contributed by atoms with Crippen LogP contribution in [0.5, 0.6) is 0 Å². The molecule has 0 unspecified atom stereocenters. The Morgan fingerprint density at radius 2 is 1.89 bits per heavy atom. The van der Waals surface area contributed by atoms with Crippen LogP contribution < -0.4 is 5.43 Å². The van der Waals surface area contributed by atoms with Gasteiger partial charge < -0.3 is 9.67 Å². The smallest absolute Gasteiger partial charge is 0.352 e. The number of hydrogen-bond donors (Lipinski definition) is 1. The number of nitrogens with zero attached hydrogens (tertiary/aromatic N) is 1. The molecule has 1 heterocycles. The maximum absolute atomic E-state index is 12.0. The van der Waals surface area contributed by atoms with Gasteiger partial charge in [-0.15, -0.1) is 0 Å². The largest absolute Gasteiger partial charge is 0.477 e. The number of rotatable bonds is 2. The third-order valence-electron chi connectivity index (χ3n) is 2.80. The fourth-order valence-corrected chi connectivity index (χ4v) is 2.69. The van der Waals surface area contributed by atoms with Crippen LogP contribution in [0, 0.1) is 0 Å². The van der Waals surface area contributed by atoms with Crippen molar-refractivity contribution in [2.45, 2.75) is 19.9 Å². The molecule has 0 amide bonds. The number of carbonyl (C=O) groups is 1. The van der Waals surface area contributed by atoms with Gasteiger partial charge in [-0.05, 0) is 26.0 Å². The Morgan fingerprint density at radius 3 is 2.42 bits per heavy atom. The first-order valence-electron chi connectivity index (χ1n) is 5.60. The summed E-state index contributed by atoms with van der Waals surface area (Å²) in [5, 5.41) is 10.1. The molecule has 0 fully saturated rings. The predicted octanol–water partition coefficient (Wildman–Crippen LogP) is 3.59. The number of carboxylic acid groups (broad SMARTS) is 1. The minimum absolute atomic E-state index is 0.0779. The summed E-state index contributed by atoms with van der Waals surface area (Å²) in [6.45, 7) is 3.65.